The molecule has 4 heteroatoms. The van der Waals surface area contributed by atoms with Crippen LogP contribution in [0.1, 0.15) is 0 Å². The maximum atomic E-state index is 11.7. The van der Waals surface area contributed by atoms with Crippen LogP contribution in [-0.4, -0.2) is 4.98 Å². The minimum Gasteiger partial charge on any atom is -0.417 e. The van der Waals surface area contributed by atoms with Gasteiger partial charge in [0, 0.05) is 0 Å². The van der Waals surface area contributed by atoms with Crippen molar-refractivity contribution in [2.24, 2.45) is 0 Å². The molecule has 7 heavy (non-hydrogen) atoms. The molecule has 0 N–H and O–H groups in total. The fourth-order valence-electron chi connectivity index (χ4n) is 0.189. The van der Waals surface area contributed by atoms with Crippen LogP contribution in [0.3, 0.4) is 0 Å². The Morgan fingerprint density at radius 1 is 1.86 bits per heavy atom. The normalized spacial score (nSPS) is 9.43. The van der Waals surface area contributed by atoms with E-state index in [1.165, 1.54) is 0 Å². The lowest BCUT2D eigenvalue weighted by atomic mass is 10.9. The van der Waals surface area contributed by atoms with Crippen molar-refractivity contribution in [3.63, 3.8) is 0 Å². The monoisotopic (exact) mass is 120 g/mol. The van der Waals surface area contributed by atoms with Crippen LogP contribution < -0.4 is 0 Å². The average Bonchev–Trinajstić information content (AvgIpc) is 1.91. The standard InChI is InChI=1S/C3ClFNO/c4-2-3(5)6-1-7-2. The topological polar surface area (TPSA) is 26.0 Å². The van der Waals surface area contributed by atoms with E-state index >= 15 is 0 Å². The number of rotatable bonds is 0. The van der Waals surface area contributed by atoms with Crippen molar-refractivity contribution in [2.75, 3.05) is 0 Å². The van der Waals surface area contributed by atoms with Gasteiger partial charge in [0.25, 0.3) is 17.6 Å². The molecule has 1 aromatic heterocycles. The first-order chi connectivity index (χ1) is 3.30. The summed E-state index contributed by atoms with van der Waals surface area (Å²) in [7, 11) is 0. The predicted molar refractivity (Wildman–Crippen MR) is 20.3 cm³/mol. The lowest BCUT2D eigenvalue weighted by Gasteiger charge is -1.68. The molecule has 0 spiro atoms. The molecular formula is C3ClFNO. The summed E-state index contributed by atoms with van der Waals surface area (Å²) >= 11 is 4.99. The van der Waals surface area contributed by atoms with E-state index in [0.29, 0.717) is 0 Å². The van der Waals surface area contributed by atoms with Gasteiger partial charge in [-0.15, -0.1) is 0 Å². The van der Waals surface area contributed by atoms with Crippen LogP contribution in [0.25, 0.3) is 0 Å². The number of aromatic nitrogens is 1. The third-order valence-electron chi connectivity index (χ3n) is 0.441. The Morgan fingerprint density at radius 2 is 2.57 bits per heavy atom. The minimum atomic E-state index is -0.818. The summed E-state index contributed by atoms with van der Waals surface area (Å²) in [6.45, 7) is 0. The number of nitrogens with zero attached hydrogens (tertiary/aromatic N) is 1. The van der Waals surface area contributed by atoms with Crippen molar-refractivity contribution < 1.29 is 8.81 Å². The van der Waals surface area contributed by atoms with Crippen LogP contribution in [0.5, 0.6) is 0 Å². The van der Waals surface area contributed by atoms with Crippen LogP contribution >= 0.6 is 11.6 Å². The molecule has 37 valence electrons. The van der Waals surface area contributed by atoms with E-state index in [4.69, 9.17) is 11.6 Å². The molecule has 0 saturated heterocycles. The van der Waals surface area contributed by atoms with Crippen molar-refractivity contribution in [2.45, 2.75) is 0 Å². The van der Waals surface area contributed by atoms with Gasteiger partial charge >= 0.3 is 0 Å². The maximum absolute atomic E-state index is 11.7. The molecule has 0 aliphatic carbocycles. The number of hydrogen-bond donors (Lipinski definition) is 0. The van der Waals surface area contributed by atoms with E-state index in [1.807, 2.05) is 6.39 Å². The van der Waals surface area contributed by atoms with Crippen LogP contribution in [0.4, 0.5) is 4.39 Å². The first kappa shape index (κ1) is 4.59. The van der Waals surface area contributed by atoms with Crippen molar-refractivity contribution in [3.05, 3.63) is 17.6 Å². The number of hydrogen-bond acceptors (Lipinski definition) is 2. The molecule has 0 amide bonds. The molecule has 1 radical (unpaired) electrons. The highest BCUT2D eigenvalue weighted by atomic mass is 35.5. The van der Waals surface area contributed by atoms with Gasteiger partial charge in [0.1, 0.15) is 0 Å². The molecule has 0 bridgehead atoms. The first-order valence-electron chi connectivity index (χ1n) is 1.48. The van der Waals surface area contributed by atoms with Crippen molar-refractivity contribution in [1.29, 1.82) is 0 Å². The first-order valence-corrected chi connectivity index (χ1v) is 1.86. The highest BCUT2D eigenvalue weighted by molar-refractivity contribution is 6.28. The van der Waals surface area contributed by atoms with Crippen LogP contribution in [0.15, 0.2) is 4.42 Å². The zero-order valence-corrected chi connectivity index (χ0v) is 3.87. The molecule has 0 atom stereocenters. The van der Waals surface area contributed by atoms with E-state index in [2.05, 4.69) is 9.40 Å². The summed E-state index contributed by atoms with van der Waals surface area (Å²) in [6, 6.07) is 0. The van der Waals surface area contributed by atoms with Gasteiger partial charge in [0.2, 0.25) is 0 Å². The number of halogens is 2. The summed E-state index contributed by atoms with van der Waals surface area (Å²) in [5, 5.41) is -0.347. The Balaban J connectivity index is 3.12. The second-order valence-corrected chi connectivity index (χ2v) is 1.21. The van der Waals surface area contributed by atoms with Gasteiger partial charge in [-0.25, -0.2) is 0 Å². The van der Waals surface area contributed by atoms with Crippen LogP contribution in [-0.2, 0) is 0 Å². The van der Waals surface area contributed by atoms with Crippen LogP contribution in [0, 0.1) is 12.3 Å². The third-order valence-corrected chi connectivity index (χ3v) is 0.674. The highest BCUT2D eigenvalue weighted by Gasteiger charge is 2.00. The smallest absolute Gasteiger partial charge is 0.288 e. The zero-order valence-electron chi connectivity index (χ0n) is 3.11. The zero-order chi connectivity index (χ0) is 5.28. The van der Waals surface area contributed by atoms with Gasteiger partial charge in [-0.1, -0.05) is 0 Å². The van der Waals surface area contributed by atoms with E-state index in [-0.39, 0.29) is 5.22 Å². The van der Waals surface area contributed by atoms with Gasteiger partial charge in [-0.3, -0.25) is 0 Å². The summed E-state index contributed by atoms with van der Waals surface area (Å²) in [5.41, 5.74) is 0. The highest BCUT2D eigenvalue weighted by Crippen LogP contribution is 2.08. The molecule has 0 fully saturated rings. The SMILES string of the molecule is Fc1n[c]oc1Cl. The van der Waals surface area contributed by atoms with Gasteiger partial charge in [0.05, 0.1) is 0 Å². The fourth-order valence-corrected chi connectivity index (χ4v) is 0.266. The van der Waals surface area contributed by atoms with E-state index < -0.39 is 5.95 Å². The lowest BCUT2D eigenvalue weighted by Crippen LogP contribution is -1.65. The third kappa shape index (κ3) is 0.718. The molecule has 1 rings (SSSR count). The molecule has 1 heterocycles. The predicted octanol–water partition coefficient (Wildman–Crippen LogP) is 1.27. The van der Waals surface area contributed by atoms with Crippen molar-refractivity contribution in [1.82, 2.24) is 4.98 Å². The van der Waals surface area contributed by atoms with Gasteiger partial charge < -0.3 is 4.42 Å². The Labute approximate surface area is 43.9 Å². The molecule has 0 aliphatic heterocycles. The van der Waals surface area contributed by atoms with E-state index in [9.17, 15) is 4.39 Å². The summed E-state index contributed by atoms with van der Waals surface area (Å²) < 4.78 is 15.8. The molecule has 2 nitrogen and oxygen atoms in total. The van der Waals surface area contributed by atoms with E-state index in [0.717, 1.165) is 0 Å². The lowest BCUT2D eigenvalue weighted by molar-refractivity contribution is 0.529. The second kappa shape index (κ2) is 1.50. The minimum absolute atomic E-state index is 0.347. The van der Waals surface area contributed by atoms with Gasteiger partial charge in [0.15, 0.2) is 0 Å². The molecular weight excluding hydrogens is 120 g/mol. The summed E-state index contributed by atoms with van der Waals surface area (Å²) in [4.78, 5) is 2.93. The average molecular weight is 120 g/mol. The Hall–Kier alpha value is -0.570. The molecule has 0 aromatic carbocycles. The van der Waals surface area contributed by atoms with Crippen molar-refractivity contribution >= 4 is 11.6 Å². The Kier molecular flexibility index (Phi) is 0.982. The Bertz CT molecular complexity index is 147. The second-order valence-electron chi connectivity index (χ2n) is 0.870. The maximum Gasteiger partial charge on any atom is 0.288 e. The fraction of sp³-hybridized carbons (Fsp3) is 0. The molecule has 0 aliphatic rings. The van der Waals surface area contributed by atoms with Crippen LogP contribution in [0.2, 0.25) is 5.22 Å². The quantitative estimate of drug-likeness (QED) is 0.515. The van der Waals surface area contributed by atoms with Gasteiger partial charge in [-0.05, 0) is 11.6 Å². The molecule has 0 saturated carbocycles. The summed E-state index contributed by atoms with van der Waals surface area (Å²) in [5.74, 6) is -0.818. The molecule has 1 aromatic rings. The van der Waals surface area contributed by atoms with E-state index in [1.54, 1.807) is 0 Å². The Morgan fingerprint density at radius 3 is 2.71 bits per heavy atom. The van der Waals surface area contributed by atoms with Gasteiger partial charge in [-0.2, -0.15) is 9.37 Å². The molecule has 0 unspecified atom stereocenters. The van der Waals surface area contributed by atoms with Crippen molar-refractivity contribution in [3.8, 4) is 0 Å². The number of oxazole rings is 1. The summed E-state index contributed by atoms with van der Waals surface area (Å²) in [6.07, 6.45) is 1.87. The largest absolute Gasteiger partial charge is 0.417 e.